The van der Waals surface area contributed by atoms with Gasteiger partial charge in [-0.2, -0.15) is 0 Å². The summed E-state index contributed by atoms with van der Waals surface area (Å²) >= 11 is 0. The Morgan fingerprint density at radius 3 is 2.81 bits per heavy atom. The average molecular weight is 355 g/mol. The molecule has 0 fully saturated rings. The molecule has 0 bridgehead atoms. The number of fused-ring (bicyclic) bond motifs is 1. The first-order valence-electron chi connectivity index (χ1n) is 8.99. The third-order valence-electron chi connectivity index (χ3n) is 4.27. The van der Waals surface area contributed by atoms with Gasteiger partial charge in [0.15, 0.2) is 0 Å². The number of carbonyl (C=O) groups is 1. The van der Waals surface area contributed by atoms with Gasteiger partial charge in [-0.05, 0) is 32.4 Å². The normalized spacial score (nSPS) is 16.5. The molecule has 1 heterocycles. The molecule has 1 N–H and O–H groups in total. The summed E-state index contributed by atoms with van der Waals surface area (Å²) in [6, 6.07) is 13.6. The quantitative estimate of drug-likeness (QED) is 0.817. The first kappa shape index (κ1) is 18.3. The van der Waals surface area contributed by atoms with E-state index in [1.54, 1.807) is 6.92 Å². The Labute approximate surface area is 154 Å². The minimum absolute atomic E-state index is 0.138. The number of rotatable bonds is 7. The Balaban J connectivity index is 1.67. The molecule has 1 amide bonds. The average Bonchev–Trinajstić information content (AvgIpc) is 2.99. The summed E-state index contributed by atoms with van der Waals surface area (Å²) in [6.07, 6.45) is 0.400. The molecular weight excluding hydrogens is 330 g/mol. The van der Waals surface area contributed by atoms with Gasteiger partial charge in [-0.1, -0.05) is 30.3 Å². The summed E-state index contributed by atoms with van der Waals surface area (Å²) in [7, 11) is 0. The zero-order valence-electron chi connectivity index (χ0n) is 15.5. The van der Waals surface area contributed by atoms with Gasteiger partial charge < -0.3 is 19.5 Å². The van der Waals surface area contributed by atoms with Crippen LogP contribution in [0.5, 0.6) is 11.5 Å². The zero-order chi connectivity index (χ0) is 18.5. The van der Waals surface area contributed by atoms with Crippen molar-refractivity contribution in [1.82, 2.24) is 0 Å². The van der Waals surface area contributed by atoms with Crippen LogP contribution in [0, 0.1) is 0 Å². The molecule has 2 unspecified atom stereocenters. The highest BCUT2D eigenvalue weighted by Gasteiger charge is 2.23. The molecule has 2 atom stereocenters. The van der Waals surface area contributed by atoms with Crippen molar-refractivity contribution < 1.29 is 19.0 Å². The standard InChI is InChI=1S/C21H25NO4/c1-4-24-20-11-17-10-14(2)26-19(17)12-18(20)22-21(23)15(3)25-13-16-8-6-5-7-9-16/h5-9,11-12,14-15H,4,10,13H2,1-3H3,(H,22,23). The van der Waals surface area contributed by atoms with Crippen LogP contribution in [0.4, 0.5) is 5.69 Å². The van der Waals surface area contributed by atoms with Crippen molar-refractivity contribution in [3.63, 3.8) is 0 Å². The molecule has 0 radical (unpaired) electrons. The molecular formula is C21H25NO4. The fourth-order valence-electron chi connectivity index (χ4n) is 2.92. The summed E-state index contributed by atoms with van der Waals surface area (Å²) in [4.78, 5) is 12.5. The molecule has 2 aromatic carbocycles. The van der Waals surface area contributed by atoms with Gasteiger partial charge >= 0.3 is 0 Å². The van der Waals surface area contributed by atoms with Gasteiger partial charge in [0.25, 0.3) is 5.91 Å². The van der Waals surface area contributed by atoms with Crippen LogP contribution in [0.25, 0.3) is 0 Å². The SMILES string of the molecule is CCOc1cc2c(cc1NC(=O)C(C)OCc1ccccc1)OC(C)C2. The van der Waals surface area contributed by atoms with Crippen molar-refractivity contribution in [3.05, 3.63) is 53.6 Å². The number of ether oxygens (including phenoxy) is 3. The number of anilines is 1. The third-order valence-corrected chi connectivity index (χ3v) is 4.27. The predicted octanol–water partition coefficient (Wildman–Crippen LogP) is 3.95. The fourth-order valence-corrected chi connectivity index (χ4v) is 2.92. The van der Waals surface area contributed by atoms with E-state index in [2.05, 4.69) is 5.32 Å². The number of amides is 1. The highest BCUT2D eigenvalue weighted by molar-refractivity contribution is 5.95. The maximum Gasteiger partial charge on any atom is 0.253 e. The van der Waals surface area contributed by atoms with Crippen molar-refractivity contribution in [3.8, 4) is 11.5 Å². The van der Waals surface area contributed by atoms with Crippen molar-refractivity contribution >= 4 is 11.6 Å². The summed E-state index contributed by atoms with van der Waals surface area (Å²) < 4.78 is 17.2. The first-order valence-corrected chi connectivity index (χ1v) is 8.99. The lowest BCUT2D eigenvalue weighted by Gasteiger charge is -2.17. The van der Waals surface area contributed by atoms with Gasteiger partial charge in [-0.25, -0.2) is 0 Å². The first-order chi connectivity index (χ1) is 12.6. The van der Waals surface area contributed by atoms with Gasteiger partial charge in [0.1, 0.15) is 23.7 Å². The number of nitrogens with one attached hydrogen (secondary N) is 1. The largest absolute Gasteiger partial charge is 0.492 e. The Hall–Kier alpha value is -2.53. The number of benzene rings is 2. The molecule has 0 saturated carbocycles. The summed E-state index contributed by atoms with van der Waals surface area (Å²) in [5.41, 5.74) is 2.74. The third kappa shape index (κ3) is 4.35. The molecule has 2 aromatic rings. The fraction of sp³-hybridized carbons (Fsp3) is 0.381. The second kappa shape index (κ2) is 8.23. The molecule has 0 spiro atoms. The van der Waals surface area contributed by atoms with Crippen LogP contribution >= 0.6 is 0 Å². The Bertz CT molecular complexity index is 760. The van der Waals surface area contributed by atoms with E-state index in [0.29, 0.717) is 24.7 Å². The Morgan fingerprint density at radius 2 is 2.08 bits per heavy atom. The maximum absolute atomic E-state index is 12.5. The van der Waals surface area contributed by atoms with Crippen LogP contribution in [0.1, 0.15) is 31.9 Å². The molecule has 5 heteroatoms. The van der Waals surface area contributed by atoms with Crippen molar-refractivity contribution in [2.24, 2.45) is 0 Å². The molecule has 138 valence electrons. The van der Waals surface area contributed by atoms with Crippen LogP contribution in [0.15, 0.2) is 42.5 Å². The Morgan fingerprint density at radius 1 is 1.31 bits per heavy atom. The smallest absolute Gasteiger partial charge is 0.253 e. The molecule has 0 aliphatic carbocycles. The van der Waals surface area contributed by atoms with Crippen molar-refractivity contribution in [2.45, 2.75) is 46.0 Å². The van der Waals surface area contributed by atoms with Crippen LogP contribution < -0.4 is 14.8 Å². The second-order valence-electron chi connectivity index (χ2n) is 6.45. The van der Waals surface area contributed by atoms with E-state index >= 15 is 0 Å². The summed E-state index contributed by atoms with van der Waals surface area (Å²) in [6.45, 7) is 6.60. The van der Waals surface area contributed by atoms with Gasteiger partial charge in [0.2, 0.25) is 0 Å². The minimum Gasteiger partial charge on any atom is -0.492 e. The lowest BCUT2D eigenvalue weighted by Crippen LogP contribution is -2.27. The summed E-state index contributed by atoms with van der Waals surface area (Å²) in [5.74, 6) is 1.24. The van der Waals surface area contributed by atoms with Crippen molar-refractivity contribution in [1.29, 1.82) is 0 Å². The van der Waals surface area contributed by atoms with E-state index in [1.807, 2.05) is 56.3 Å². The van der Waals surface area contributed by atoms with E-state index in [4.69, 9.17) is 14.2 Å². The minimum atomic E-state index is -0.585. The molecule has 3 rings (SSSR count). The number of hydrogen-bond donors (Lipinski definition) is 1. The van der Waals surface area contributed by atoms with Crippen LogP contribution in [0.3, 0.4) is 0 Å². The number of carbonyl (C=O) groups excluding carboxylic acids is 1. The molecule has 1 aliphatic rings. The van der Waals surface area contributed by atoms with E-state index in [1.165, 1.54) is 0 Å². The van der Waals surface area contributed by atoms with Crippen LogP contribution in [0.2, 0.25) is 0 Å². The van der Waals surface area contributed by atoms with Gasteiger partial charge in [0.05, 0.1) is 18.9 Å². The monoisotopic (exact) mass is 355 g/mol. The van der Waals surface area contributed by atoms with Gasteiger partial charge in [0, 0.05) is 18.1 Å². The molecule has 0 aromatic heterocycles. The van der Waals surface area contributed by atoms with Crippen LogP contribution in [-0.4, -0.2) is 24.7 Å². The molecule has 5 nitrogen and oxygen atoms in total. The van der Waals surface area contributed by atoms with E-state index in [-0.39, 0.29) is 12.0 Å². The summed E-state index contributed by atoms with van der Waals surface area (Å²) in [5, 5.41) is 2.91. The van der Waals surface area contributed by atoms with Crippen LogP contribution in [-0.2, 0) is 22.6 Å². The topological polar surface area (TPSA) is 56.8 Å². The molecule has 0 saturated heterocycles. The zero-order valence-corrected chi connectivity index (χ0v) is 15.5. The van der Waals surface area contributed by atoms with Gasteiger partial charge in [-0.3, -0.25) is 4.79 Å². The highest BCUT2D eigenvalue weighted by Crippen LogP contribution is 2.38. The molecule has 26 heavy (non-hydrogen) atoms. The van der Waals surface area contributed by atoms with E-state index in [0.717, 1.165) is 23.3 Å². The predicted molar refractivity (Wildman–Crippen MR) is 101 cm³/mol. The second-order valence-corrected chi connectivity index (χ2v) is 6.45. The lowest BCUT2D eigenvalue weighted by molar-refractivity contribution is -0.127. The maximum atomic E-state index is 12.5. The van der Waals surface area contributed by atoms with E-state index in [9.17, 15) is 4.79 Å². The van der Waals surface area contributed by atoms with Gasteiger partial charge in [-0.15, -0.1) is 0 Å². The number of hydrogen-bond acceptors (Lipinski definition) is 4. The van der Waals surface area contributed by atoms with E-state index < -0.39 is 6.10 Å². The lowest BCUT2D eigenvalue weighted by atomic mass is 10.1. The molecule has 1 aliphatic heterocycles. The van der Waals surface area contributed by atoms with Crippen molar-refractivity contribution in [2.75, 3.05) is 11.9 Å². The Kier molecular flexibility index (Phi) is 5.78. The highest BCUT2D eigenvalue weighted by atomic mass is 16.5.